The second-order valence-corrected chi connectivity index (χ2v) is 7.88. The van der Waals surface area contributed by atoms with Gasteiger partial charge in [-0.1, -0.05) is 62.4 Å². The lowest BCUT2D eigenvalue weighted by atomic mass is 9.84. The van der Waals surface area contributed by atoms with Crippen LogP contribution in [0.3, 0.4) is 0 Å². The van der Waals surface area contributed by atoms with E-state index in [0.717, 1.165) is 28.0 Å². The van der Waals surface area contributed by atoms with Gasteiger partial charge in [0.15, 0.2) is 11.5 Å². The Morgan fingerprint density at radius 2 is 1.68 bits per heavy atom. The highest BCUT2D eigenvalue weighted by Crippen LogP contribution is 2.34. The van der Waals surface area contributed by atoms with Gasteiger partial charge < -0.3 is 14.8 Å². The van der Waals surface area contributed by atoms with E-state index in [1.54, 1.807) is 0 Å². The minimum absolute atomic E-state index is 0.0286. The summed E-state index contributed by atoms with van der Waals surface area (Å²) in [5.41, 5.74) is 1.92. The van der Waals surface area contributed by atoms with Crippen LogP contribution in [0.5, 0.6) is 11.5 Å². The van der Waals surface area contributed by atoms with Crippen LogP contribution in [-0.4, -0.2) is 25.7 Å². The van der Waals surface area contributed by atoms with Crippen molar-refractivity contribution < 1.29 is 14.3 Å². The van der Waals surface area contributed by atoms with Crippen molar-refractivity contribution in [2.75, 3.05) is 19.8 Å². The van der Waals surface area contributed by atoms with Crippen molar-refractivity contribution >= 4 is 16.7 Å². The Morgan fingerprint density at radius 1 is 0.929 bits per heavy atom. The minimum atomic E-state index is -0.213. The van der Waals surface area contributed by atoms with Gasteiger partial charge in [-0.2, -0.15) is 0 Å². The van der Waals surface area contributed by atoms with Crippen LogP contribution in [0.15, 0.2) is 60.7 Å². The van der Waals surface area contributed by atoms with Crippen molar-refractivity contribution in [2.45, 2.75) is 25.7 Å². The summed E-state index contributed by atoms with van der Waals surface area (Å²) in [5.74, 6) is 1.59. The van der Waals surface area contributed by atoms with Gasteiger partial charge in [0, 0.05) is 12.0 Å². The third kappa shape index (κ3) is 3.96. The average molecular weight is 375 g/mol. The number of hydrogen-bond acceptors (Lipinski definition) is 3. The van der Waals surface area contributed by atoms with Crippen molar-refractivity contribution in [2.24, 2.45) is 0 Å². The Morgan fingerprint density at radius 3 is 2.50 bits per heavy atom. The molecule has 1 aliphatic rings. The maximum atomic E-state index is 12.5. The van der Waals surface area contributed by atoms with Gasteiger partial charge in [0.05, 0.1) is 6.42 Å². The summed E-state index contributed by atoms with van der Waals surface area (Å²) >= 11 is 0. The first-order chi connectivity index (χ1) is 13.5. The molecule has 1 aliphatic heterocycles. The predicted molar refractivity (Wildman–Crippen MR) is 111 cm³/mol. The molecule has 4 rings (SSSR count). The summed E-state index contributed by atoms with van der Waals surface area (Å²) in [6, 6.07) is 20.4. The largest absolute Gasteiger partial charge is 0.486 e. The van der Waals surface area contributed by atoms with Crippen molar-refractivity contribution in [3.05, 3.63) is 71.8 Å². The second kappa shape index (κ2) is 7.55. The van der Waals surface area contributed by atoms with Gasteiger partial charge in [-0.15, -0.1) is 0 Å². The number of amides is 1. The molecule has 0 saturated carbocycles. The lowest BCUT2D eigenvalue weighted by Crippen LogP contribution is -2.37. The van der Waals surface area contributed by atoms with Crippen molar-refractivity contribution in [1.82, 2.24) is 5.32 Å². The molecular formula is C24H25NO3. The molecule has 1 amide bonds. The molecule has 0 aliphatic carbocycles. The van der Waals surface area contributed by atoms with Crippen LogP contribution >= 0.6 is 0 Å². The molecular weight excluding hydrogens is 350 g/mol. The van der Waals surface area contributed by atoms with Crippen molar-refractivity contribution in [3.8, 4) is 11.5 Å². The molecule has 0 fully saturated rings. The van der Waals surface area contributed by atoms with Crippen LogP contribution in [0.2, 0.25) is 0 Å². The van der Waals surface area contributed by atoms with Gasteiger partial charge in [0.2, 0.25) is 5.91 Å². The Kier molecular flexibility index (Phi) is 4.95. The fourth-order valence-corrected chi connectivity index (χ4v) is 3.48. The fourth-order valence-electron chi connectivity index (χ4n) is 3.48. The van der Waals surface area contributed by atoms with Gasteiger partial charge in [-0.25, -0.2) is 0 Å². The molecule has 3 aromatic rings. The topological polar surface area (TPSA) is 47.6 Å². The summed E-state index contributed by atoms with van der Waals surface area (Å²) in [6.07, 6.45) is 0.377. The van der Waals surface area contributed by atoms with E-state index in [1.165, 1.54) is 5.39 Å². The number of carbonyl (C=O) groups excluding carboxylic acids is 1. The normalized spacial score (nSPS) is 13.4. The molecule has 0 bridgehead atoms. The molecule has 0 atom stereocenters. The summed E-state index contributed by atoms with van der Waals surface area (Å²) in [7, 11) is 0. The summed E-state index contributed by atoms with van der Waals surface area (Å²) in [4.78, 5) is 12.5. The van der Waals surface area contributed by atoms with Gasteiger partial charge >= 0.3 is 0 Å². The smallest absolute Gasteiger partial charge is 0.224 e. The first kappa shape index (κ1) is 18.4. The standard InChI is InChI=1S/C24H25NO3/c1-24(2,20-9-10-21-22(15-20)28-12-11-27-21)16-25-23(26)14-17-7-8-18-5-3-4-6-19(18)13-17/h3-10,13,15H,11-12,14,16H2,1-2H3,(H,25,26). The number of carbonyl (C=O) groups is 1. The van der Waals surface area contributed by atoms with Crippen LogP contribution in [0.1, 0.15) is 25.0 Å². The van der Waals surface area contributed by atoms with E-state index in [0.29, 0.717) is 26.2 Å². The van der Waals surface area contributed by atoms with E-state index in [4.69, 9.17) is 9.47 Å². The zero-order chi connectivity index (χ0) is 19.6. The van der Waals surface area contributed by atoms with Crippen LogP contribution < -0.4 is 14.8 Å². The summed E-state index contributed by atoms with van der Waals surface area (Å²) in [5, 5.41) is 5.43. The first-order valence-electron chi connectivity index (χ1n) is 9.66. The monoisotopic (exact) mass is 375 g/mol. The van der Waals surface area contributed by atoms with Gasteiger partial charge in [-0.05, 0) is 34.0 Å². The molecule has 3 aromatic carbocycles. The van der Waals surface area contributed by atoms with E-state index in [1.807, 2.05) is 36.4 Å². The molecule has 28 heavy (non-hydrogen) atoms. The lowest BCUT2D eigenvalue weighted by Gasteiger charge is -2.28. The first-order valence-corrected chi connectivity index (χ1v) is 9.66. The van der Waals surface area contributed by atoms with Crippen LogP contribution in [0.4, 0.5) is 0 Å². The molecule has 4 nitrogen and oxygen atoms in total. The predicted octanol–water partition coefficient (Wildman–Crippen LogP) is 4.25. The second-order valence-electron chi connectivity index (χ2n) is 7.88. The number of fused-ring (bicyclic) bond motifs is 2. The molecule has 0 radical (unpaired) electrons. The maximum absolute atomic E-state index is 12.5. The summed E-state index contributed by atoms with van der Waals surface area (Å²) < 4.78 is 11.3. The highest BCUT2D eigenvalue weighted by atomic mass is 16.6. The number of ether oxygens (including phenoxy) is 2. The Hall–Kier alpha value is -3.01. The number of rotatable bonds is 5. The maximum Gasteiger partial charge on any atom is 0.224 e. The quantitative estimate of drug-likeness (QED) is 0.725. The lowest BCUT2D eigenvalue weighted by molar-refractivity contribution is -0.120. The molecule has 0 spiro atoms. The molecule has 0 unspecified atom stereocenters. The van der Waals surface area contributed by atoms with Gasteiger partial charge in [0.1, 0.15) is 13.2 Å². The van der Waals surface area contributed by atoms with Crippen LogP contribution in [0, 0.1) is 0 Å². The Labute approximate surface area is 165 Å². The zero-order valence-corrected chi connectivity index (χ0v) is 16.3. The van der Waals surface area contributed by atoms with Crippen molar-refractivity contribution in [1.29, 1.82) is 0 Å². The number of nitrogens with one attached hydrogen (secondary N) is 1. The van der Waals surface area contributed by atoms with E-state index >= 15 is 0 Å². The molecule has 1 N–H and O–H groups in total. The SMILES string of the molecule is CC(C)(CNC(=O)Cc1ccc2ccccc2c1)c1ccc2c(c1)OCCO2. The molecule has 0 aromatic heterocycles. The van der Waals surface area contributed by atoms with Crippen LogP contribution in [0.25, 0.3) is 10.8 Å². The highest BCUT2D eigenvalue weighted by Gasteiger charge is 2.24. The number of hydrogen-bond donors (Lipinski definition) is 1. The van der Waals surface area contributed by atoms with E-state index in [9.17, 15) is 4.79 Å². The van der Waals surface area contributed by atoms with Gasteiger partial charge in [0.25, 0.3) is 0 Å². The van der Waals surface area contributed by atoms with E-state index < -0.39 is 0 Å². The molecule has 1 heterocycles. The van der Waals surface area contributed by atoms with E-state index in [-0.39, 0.29) is 11.3 Å². The Balaban J connectivity index is 1.40. The third-order valence-corrected chi connectivity index (χ3v) is 5.23. The van der Waals surface area contributed by atoms with Crippen LogP contribution in [-0.2, 0) is 16.6 Å². The number of benzene rings is 3. The summed E-state index contributed by atoms with van der Waals surface area (Å²) in [6.45, 7) is 5.95. The molecule has 0 saturated heterocycles. The Bertz CT molecular complexity index is 1010. The minimum Gasteiger partial charge on any atom is -0.486 e. The zero-order valence-electron chi connectivity index (χ0n) is 16.3. The molecule has 4 heteroatoms. The third-order valence-electron chi connectivity index (χ3n) is 5.23. The van der Waals surface area contributed by atoms with E-state index in [2.05, 4.69) is 43.4 Å². The molecule has 144 valence electrons. The average Bonchev–Trinajstić information content (AvgIpc) is 2.72. The fraction of sp³-hybridized carbons (Fsp3) is 0.292. The highest BCUT2D eigenvalue weighted by molar-refractivity contribution is 5.85. The van der Waals surface area contributed by atoms with Crippen molar-refractivity contribution in [3.63, 3.8) is 0 Å². The van der Waals surface area contributed by atoms with Gasteiger partial charge in [-0.3, -0.25) is 4.79 Å².